The van der Waals surface area contributed by atoms with Crippen LogP contribution in [0, 0.1) is 23.0 Å². The molecule has 0 saturated heterocycles. The Hall–Kier alpha value is -3.53. The van der Waals surface area contributed by atoms with Gasteiger partial charge in [0.25, 0.3) is 0 Å². The van der Waals surface area contributed by atoms with Crippen LogP contribution < -0.4 is 0 Å². The Bertz CT molecular complexity index is 1420. The number of nitrogens with zero attached hydrogens (tertiary/aromatic N) is 2. The van der Waals surface area contributed by atoms with E-state index >= 15 is 0 Å². The van der Waals surface area contributed by atoms with E-state index in [1.165, 1.54) is 18.2 Å². The van der Waals surface area contributed by atoms with Gasteiger partial charge in [0.05, 0.1) is 18.2 Å². The van der Waals surface area contributed by atoms with Crippen LogP contribution in [-0.4, -0.2) is 29.5 Å². The van der Waals surface area contributed by atoms with Gasteiger partial charge < -0.3 is 14.6 Å². The van der Waals surface area contributed by atoms with Crippen LogP contribution in [0.3, 0.4) is 0 Å². The molecular weight excluding hydrogens is 468 g/mol. The summed E-state index contributed by atoms with van der Waals surface area (Å²) >= 11 is 0. The third-order valence-corrected chi connectivity index (χ3v) is 7.55. The van der Waals surface area contributed by atoms with Gasteiger partial charge >= 0.3 is 0 Å². The van der Waals surface area contributed by atoms with E-state index in [1.54, 1.807) is 12.1 Å². The molecule has 0 fully saturated rings. The van der Waals surface area contributed by atoms with Crippen LogP contribution in [-0.2, 0) is 23.4 Å². The Morgan fingerprint density at radius 2 is 1.78 bits per heavy atom. The molecule has 1 aliphatic rings. The lowest BCUT2D eigenvalue weighted by Crippen LogP contribution is -2.31. The molecular formula is C31H31F2N3O. The number of rotatable bonds is 10. The Balaban J connectivity index is 1.25. The predicted octanol–water partition coefficient (Wildman–Crippen LogP) is 6.83. The lowest BCUT2D eigenvalue weighted by molar-refractivity contribution is -0.0145. The largest absolute Gasteiger partial charge is 0.361 e. The van der Waals surface area contributed by atoms with Crippen molar-refractivity contribution >= 4 is 10.9 Å². The van der Waals surface area contributed by atoms with Crippen LogP contribution in [0.4, 0.5) is 8.78 Å². The first-order valence-corrected chi connectivity index (χ1v) is 12.9. The number of aromatic amines is 1. The van der Waals surface area contributed by atoms with Gasteiger partial charge in [0, 0.05) is 17.1 Å². The summed E-state index contributed by atoms with van der Waals surface area (Å²) in [5, 5.41) is 10.3. The van der Waals surface area contributed by atoms with E-state index in [2.05, 4.69) is 22.9 Å². The van der Waals surface area contributed by atoms with Crippen molar-refractivity contribution in [2.75, 3.05) is 19.6 Å². The zero-order valence-electron chi connectivity index (χ0n) is 21.1. The van der Waals surface area contributed by atoms with Gasteiger partial charge in [-0.15, -0.1) is 0 Å². The van der Waals surface area contributed by atoms with E-state index in [-0.39, 0.29) is 11.6 Å². The van der Waals surface area contributed by atoms with Gasteiger partial charge in [0.1, 0.15) is 17.2 Å². The summed E-state index contributed by atoms with van der Waals surface area (Å²) < 4.78 is 33.9. The Morgan fingerprint density at radius 3 is 2.57 bits per heavy atom. The number of halogens is 2. The first-order valence-electron chi connectivity index (χ1n) is 12.9. The van der Waals surface area contributed by atoms with Gasteiger partial charge in [0.2, 0.25) is 0 Å². The molecule has 190 valence electrons. The molecule has 2 heterocycles. The second-order valence-corrected chi connectivity index (χ2v) is 9.75. The quantitative estimate of drug-likeness (QED) is 0.260. The zero-order valence-corrected chi connectivity index (χ0v) is 21.1. The fourth-order valence-corrected chi connectivity index (χ4v) is 5.59. The normalized spacial score (nSPS) is 16.8. The maximum atomic E-state index is 13.7. The maximum Gasteiger partial charge on any atom is 0.123 e. The van der Waals surface area contributed by atoms with Crippen LogP contribution in [0.1, 0.15) is 54.0 Å². The fraction of sp³-hybridized carbons (Fsp3) is 0.323. The van der Waals surface area contributed by atoms with Crippen molar-refractivity contribution in [1.29, 1.82) is 5.26 Å². The minimum absolute atomic E-state index is 0.210. The number of hydrogen-bond donors (Lipinski definition) is 1. The van der Waals surface area contributed by atoms with E-state index in [4.69, 9.17) is 4.74 Å². The average Bonchev–Trinajstić information content (AvgIpc) is 3.49. The molecule has 1 unspecified atom stereocenters. The molecule has 1 aromatic heterocycles. The minimum atomic E-state index is -0.648. The van der Waals surface area contributed by atoms with Gasteiger partial charge in [0.15, 0.2) is 0 Å². The first kappa shape index (κ1) is 25.1. The van der Waals surface area contributed by atoms with Crippen molar-refractivity contribution in [1.82, 2.24) is 9.88 Å². The molecule has 4 aromatic rings. The number of nitrogens with one attached hydrogen (secondary N) is 1. The van der Waals surface area contributed by atoms with E-state index in [9.17, 15) is 14.0 Å². The van der Waals surface area contributed by atoms with E-state index in [0.717, 1.165) is 78.5 Å². The summed E-state index contributed by atoms with van der Waals surface area (Å²) in [6.07, 6.45) is 5.52. The molecule has 1 atom stereocenters. The summed E-state index contributed by atoms with van der Waals surface area (Å²) in [5.74, 6) is -0.481. The predicted molar refractivity (Wildman–Crippen MR) is 141 cm³/mol. The molecule has 0 saturated carbocycles. The molecule has 0 aliphatic carbocycles. The zero-order chi connectivity index (χ0) is 25.8. The maximum absolute atomic E-state index is 13.7. The average molecular weight is 500 g/mol. The smallest absolute Gasteiger partial charge is 0.123 e. The third kappa shape index (κ3) is 5.16. The molecule has 1 aliphatic heterocycles. The van der Waals surface area contributed by atoms with Gasteiger partial charge in [-0.2, -0.15) is 5.26 Å². The lowest BCUT2D eigenvalue weighted by Gasteiger charge is -2.32. The highest BCUT2D eigenvalue weighted by Gasteiger charge is 2.41. The summed E-state index contributed by atoms with van der Waals surface area (Å²) in [7, 11) is 0. The highest BCUT2D eigenvalue weighted by molar-refractivity contribution is 5.83. The summed E-state index contributed by atoms with van der Waals surface area (Å²) in [4.78, 5) is 5.67. The fourth-order valence-electron chi connectivity index (χ4n) is 5.59. The second kappa shape index (κ2) is 10.8. The second-order valence-electron chi connectivity index (χ2n) is 9.75. The molecule has 6 heteroatoms. The molecule has 37 heavy (non-hydrogen) atoms. The number of hydrogen-bond acceptors (Lipinski definition) is 3. The summed E-state index contributed by atoms with van der Waals surface area (Å²) in [6.45, 7) is 5.41. The molecule has 5 rings (SSSR count). The van der Waals surface area contributed by atoms with Gasteiger partial charge in [-0.3, -0.25) is 0 Å². The van der Waals surface area contributed by atoms with Gasteiger partial charge in [-0.05, 0) is 110 Å². The van der Waals surface area contributed by atoms with Crippen molar-refractivity contribution in [3.8, 4) is 6.07 Å². The Kier molecular flexibility index (Phi) is 7.36. The van der Waals surface area contributed by atoms with E-state index in [1.807, 2.05) is 36.5 Å². The van der Waals surface area contributed by atoms with Crippen LogP contribution in [0.25, 0.3) is 10.9 Å². The molecule has 0 bridgehead atoms. The number of ether oxygens (including phenoxy) is 1. The van der Waals surface area contributed by atoms with Crippen molar-refractivity contribution in [3.05, 3.63) is 106 Å². The lowest BCUT2D eigenvalue weighted by atomic mass is 9.81. The first-order chi connectivity index (χ1) is 18.0. The highest BCUT2D eigenvalue weighted by Crippen LogP contribution is 2.45. The number of aromatic nitrogens is 1. The minimum Gasteiger partial charge on any atom is -0.361 e. The van der Waals surface area contributed by atoms with Gasteiger partial charge in [-0.25, -0.2) is 8.78 Å². The number of benzene rings is 3. The third-order valence-electron chi connectivity index (χ3n) is 7.55. The topological polar surface area (TPSA) is 52.0 Å². The number of aryl methyl sites for hydroxylation is 1. The van der Waals surface area contributed by atoms with Crippen molar-refractivity contribution in [2.24, 2.45) is 0 Å². The Labute approximate surface area is 216 Å². The van der Waals surface area contributed by atoms with Crippen molar-refractivity contribution < 1.29 is 13.5 Å². The number of fused-ring (bicyclic) bond motifs is 2. The molecule has 0 spiro atoms. The van der Waals surface area contributed by atoms with Crippen LogP contribution in [0.5, 0.6) is 0 Å². The molecule has 0 amide bonds. The van der Waals surface area contributed by atoms with E-state index < -0.39 is 5.60 Å². The van der Waals surface area contributed by atoms with Crippen molar-refractivity contribution in [2.45, 2.75) is 44.8 Å². The van der Waals surface area contributed by atoms with Crippen LogP contribution in [0.15, 0.2) is 66.9 Å². The summed E-state index contributed by atoms with van der Waals surface area (Å²) in [6, 6.07) is 19.4. The summed E-state index contributed by atoms with van der Waals surface area (Å²) in [5.41, 5.74) is 5.10. The van der Waals surface area contributed by atoms with Crippen LogP contribution in [0.2, 0.25) is 0 Å². The Morgan fingerprint density at radius 1 is 1.00 bits per heavy atom. The monoisotopic (exact) mass is 499 g/mol. The number of H-pyrrole nitrogens is 1. The highest BCUT2D eigenvalue weighted by atomic mass is 19.1. The molecule has 3 aromatic carbocycles. The molecule has 4 nitrogen and oxygen atoms in total. The molecule has 1 N–H and O–H groups in total. The SMILES string of the molecule is CCN(CCCc1c[nH]c2ccc(F)cc12)CCCC1(c2ccc(F)cc2)OCc2cc(C#N)ccc21. The van der Waals surface area contributed by atoms with Crippen molar-refractivity contribution in [3.63, 3.8) is 0 Å². The standard InChI is InChI=1S/C31H31F2N3O/c1-2-36(15-3-5-23-20-35-30-13-11-27(33)18-28(23)30)16-4-14-31(25-7-9-26(32)10-8-25)29-12-6-22(19-34)17-24(29)21-37-31/h6-13,17-18,20,35H,2-5,14-16,21H2,1H3. The van der Waals surface area contributed by atoms with E-state index in [0.29, 0.717) is 12.2 Å². The molecule has 0 radical (unpaired) electrons. The number of nitriles is 1. The van der Waals surface area contributed by atoms with Crippen LogP contribution >= 0.6 is 0 Å². The van der Waals surface area contributed by atoms with Gasteiger partial charge in [-0.1, -0.05) is 25.1 Å².